The van der Waals surface area contributed by atoms with Crippen LogP contribution in [0.15, 0.2) is 41.8 Å². The van der Waals surface area contributed by atoms with Crippen LogP contribution in [0.1, 0.15) is 9.67 Å². The van der Waals surface area contributed by atoms with Crippen molar-refractivity contribution >= 4 is 44.5 Å². The molecular weight excluding hydrogens is 394 g/mol. The van der Waals surface area contributed by atoms with Crippen LogP contribution < -0.4 is 20.9 Å². The van der Waals surface area contributed by atoms with E-state index < -0.39 is 5.91 Å². The maximum Gasteiger partial charge on any atom is 0.260 e. The normalized spacial score (nSPS) is 10.9. The first-order chi connectivity index (χ1) is 13.5. The van der Waals surface area contributed by atoms with E-state index in [-0.39, 0.29) is 0 Å². The quantitative estimate of drug-likeness (QED) is 0.507. The Hall–Kier alpha value is -3.10. The Labute approximate surface area is 169 Å². The van der Waals surface area contributed by atoms with E-state index in [1.807, 2.05) is 41.8 Å². The average molecular weight is 412 g/mol. The molecule has 0 bridgehead atoms. The molecule has 3 aromatic heterocycles. The number of amides is 1. The Balaban J connectivity index is 2.04. The van der Waals surface area contributed by atoms with E-state index in [0.717, 1.165) is 21.7 Å². The number of benzene rings is 1. The number of methoxy groups -OCH3 is 2. The maximum atomic E-state index is 11.8. The summed E-state index contributed by atoms with van der Waals surface area (Å²) in [5, 5.41) is 2.71. The molecule has 0 unspecified atom stereocenters. The van der Waals surface area contributed by atoms with Gasteiger partial charge in [0.1, 0.15) is 9.71 Å². The van der Waals surface area contributed by atoms with E-state index in [2.05, 4.69) is 0 Å². The highest BCUT2D eigenvalue weighted by atomic mass is 32.1. The van der Waals surface area contributed by atoms with Crippen molar-refractivity contribution in [1.82, 2.24) is 4.98 Å². The van der Waals surface area contributed by atoms with Crippen LogP contribution in [0.2, 0.25) is 0 Å². The van der Waals surface area contributed by atoms with Gasteiger partial charge >= 0.3 is 0 Å². The SMILES string of the molecule is COc1ccc(-c2cc(-c3cccs3)nc3sc(C(N)=O)c(N)c23)cc1OC. The number of nitrogens with zero attached hydrogens (tertiary/aromatic N) is 1. The number of anilines is 1. The summed E-state index contributed by atoms with van der Waals surface area (Å²) in [5.74, 6) is 0.675. The van der Waals surface area contributed by atoms with Gasteiger partial charge in [-0.25, -0.2) is 4.98 Å². The molecule has 4 N–H and O–H groups in total. The molecular formula is C20H17N3O3S2. The zero-order valence-electron chi connectivity index (χ0n) is 15.2. The van der Waals surface area contributed by atoms with Crippen LogP contribution in [0.4, 0.5) is 5.69 Å². The van der Waals surface area contributed by atoms with E-state index in [9.17, 15) is 4.79 Å². The van der Waals surface area contributed by atoms with Crippen molar-refractivity contribution in [3.63, 3.8) is 0 Å². The maximum absolute atomic E-state index is 11.8. The molecule has 28 heavy (non-hydrogen) atoms. The number of primary amides is 1. The fourth-order valence-electron chi connectivity index (χ4n) is 3.09. The van der Waals surface area contributed by atoms with E-state index >= 15 is 0 Å². The van der Waals surface area contributed by atoms with E-state index in [1.165, 1.54) is 11.3 Å². The smallest absolute Gasteiger partial charge is 0.260 e. The third-order valence-corrected chi connectivity index (χ3v) is 6.40. The van der Waals surface area contributed by atoms with E-state index in [4.69, 9.17) is 25.9 Å². The van der Waals surface area contributed by atoms with Crippen molar-refractivity contribution in [3.8, 4) is 33.2 Å². The third kappa shape index (κ3) is 2.96. The molecule has 8 heteroatoms. The number of rotatable bonds is 5. The summed E-state index contributed by atoms with van der Waals surface area (Å²) >= 11 is 2.80. The monoisotopic (exact) mass is 411 g/mol. The number of hydrogen-bond acceptors (Lipinski definition) is 7. The highest BCUT2D eigenvalue weighted by Crippen LogP contribution is 2.43. The zero-order chi connectivity index (χ0) is 19.8. The van der Waals surface area contributed by atoms with E-state index in [0.29, 0.717) is 32.3 Å². The molecule has 0 atom stereocenters. The molecule has 0 saturated heterocycles. The van der Waals surface area contributed by atoms with Crippen LogP contribution in [0.25, 0.3) is 31.9 Å². The van der Waals surface area contributed by atoms with Gasteiger partial charge in [-0.3, -0.25) is 4.79 Å². The van der Waals surface area contributed by atoms with E-state index in [1.54, 1.807) is 25.6 Å². The summed E-state index contributed by atoms with van der Waals surface area (Å²) in [7, 11) is 3.18. The Morgan fingerprint density at radius 2 is 1.89 bits per heavy atom. The Kier molecular flexibility index (Phi) is 4.66. The van der Waals surface area contributed by atoms with Crippen LogP contribution >= 0.6 is 22.7 Å². The molecule has 4 aromatic rings. The fraction of sp³-hybridized carbons (Fsp3) is 0.100. The standard InChI is InChI=1S/C20H17N3O3S2/c1-25-13-6-5-10(8-14(13)26-2)11-9-12(15-4-3-7-27-15)23-20-16(11)17(21)18(28-20)19(22)24/h3-9H,21H2,1-2H3,(H2,22,24). The lowest BCUT2D eigenvalue weighted by Gasteiger charge is -2.12. The number of ether oxygens (including phenoxy) is 2. The third-order valence-electron chi connectivity index (χ3n) is 4.39. The molecule has 1 aromatic carbocycles. The largest absolute Gasteiger partial charge is 0.493 e. The second-order valence-electron chi connectivity index (χ2n) is 5.99. The number of hydrogen-bond donors (Lipinski definition) is 2. The predicted molar refractivity (Wildman–Crippen MR) is 114 cm³/mol. The minimum Gasteiger partial charge on any atom is -0.493 e. The lowest BCUT2D eigenvalue weighted by molar-refractivity contribution is 0.100. The lowest BCUT2D eigenvalue weighted by Crippen LogP contribution is -2.10. The molecule has 0 aliphatic carbocycles. The molecule has 0 radical (unpaired) electrons. The first kappa shape index (κ1) is 18.3. The van der Waals surface area contributed by atoms with Crippen LogP contribution in [-0.2, 0) is 0 Å². The Bertz CT molecular complexity index is 1180. The van der Waals surface area contributed by atoms with Gasteiger partial charge in [0, 0.05) is 5.39 Å². The van der Waals surface area contributed by atoms with Crippen molar-refractivity contribution in [2.45, 2.75) is 0 Å². The van der Waals surface area contributed by atoms with Gasteiger partial charge in [-0.2, -0.15) is 0 Å². The zero-order valence-corrected chi connectivity index (χ0v) is 16.8. The average Bonchev–Trinajstić information content (AvgIpc) is 3.35. The lowest BCUT2D eigenvalue weighted by atomic mass is 10.0. The molecule has 0 spiro atoms. The highest BCUT2D eigenvalue weighted by molar-refractivity contribution is 7.21. The van der Waals surface area contributed by atoms with Crippen molar-refractivity contribution < 1.29 is 14.3 Å². The summed E-state index contributed by atoms with van der Waals surface area (Å²) in [4.78, 5) is 18.6. The van der Waals surface area contributed by atoms with Crippen molar-refractivity contribution in [2.24, 2.45) is 5.73 Å². The number of carbonyl (C=O) groups excluding carboxylic acids is 1. The molecule has 142 valence electrons. The molecule has 0 aliphatic rings. The van der Waals surface area contributed by atoms with Gasteiger partial charge in [-0.1, -0.05) is 12.1 Å². The van der Waals surface area contributed by atoms with Gasteiger partial charge in [0.25, 0.3) is 5.91 Å². The number of aromatic nitrogens is 1. The van der Waals surface area contributed by atoms with Gasteiger partial charge in [0.05, 0.1) is 30.5 Å². The molecule has 0 aliphatic heterocycles. The van der Waals surface area contributed by atoms with Crippen molar-refractivity contribution in [3.05, 3.63) is 46.7 Å². The number of carbonyl (C=O) groups is 1. The first-order valence-corrected chi connectivity index (χ1v) is 10.0. The second-order valence-corrected chi connectivity index (χ2v) is 7.94. The second kappa shape index (κ2) is 7.14. The highest BCUT2D eigenvalue weighted by Gasteiger charge is 2.21. The topological polar surface area (TPSA) is 100 Å². The summed E-state index contributed by atoms with van der Waals surface area (Å²) in [6, 6.07) is 11.6. The van der Waals surface area contributed by atoms with Gasteiger partial charge in [0.2, 0.25) is 0 Å². The minimum atomic E-state index is -0.559. The minimum absolute atomic E-state index is 0.313. The van der Waals surface area contributed by atoms with Gasteiger partial charge in [-0.15, -0.1) is 22.7 Å². The first-order valence-electron chi connectivity index (χ1n) is 8.32. The summed E-state index contributed by atoms with van der Waals surface area (Å²) in [5.41, 5.74) is 14.7. The summed E-state index contributed by atoms with van der Waals surface area (Å²) < 4.78 is 10.8. The predicted octanol–water partition coefficient (Wildman–Crippen LogP) is 4.39. The fourth-order valence-corrected chi connectivity index (χ4v) is 4.74. The van der Waals surface area contributed by atoms with Crippen LogP contribution in [0.5, 0.6) is 11.5 Å². The summed E-state index contributed by atoms with van der Waals surface area (Å²) in [6.07, 6.45) is 0. The van der Waals surface area contributed by atoms with Crippen LogP contribution in [0, 0.1) is 0 Å². The van der Waals surface area contributed by atoms with Gasteiger partial charge in [-0.05, 0) is 40.8 Å². The number of thiophene rings is 2. The van der Waals surface area contributed by atoms with Gasteiger partial charge in [0.15, 0.2) is 11.5 Å². The molecule has 6 nitrogen and oxygen atoms in total. The summed E-state index contributed by atoms with van der Waals surface area (Å²) in [6.45, 7) is 0. The molecule has 0 saturated carbocycles. The number of pyridine rings is 1. The Morgan fingerprint density at radius 1 is 1.11 bits per heavy atom. The number of nitrogen functional groups attached to an aromatic ring is 1. The van der Waals surface area contributed by atoms with Crippen LogP contribution in [-0.4, -0.2) is 25.1 Å². The van der Waals surface area contributed by atoms with Crippen molar-refractivity contribution in [1.29, 1.82) is 0 Å². The number of nitrogens with two attached hydrogens (primary N) is 2. The Morgan fingerprint density at radius 3 is 2.54 bits per heavy atom. The van der Waals surface area contributed by atoms with Crippen molar-refractivity contribution in [2.75, 3.05) is 20.0 Å². The molecule has 0 fully saturated rings. The number of fused-ring (bicyclic) bond motifs is 1. The van der Waals surface area contributed by atoms with Gasteiger partial charge < -0.3 is 20.9 Å². The molecule has 1 amide bonds. The molecule has 3 heterocycles. The molecule has 4 rings (SSSR count). The van der Waals surface area contributed by atoms with Crippen LogP contribution in [0.3, 0.4) is 0 Å².